The first-order valence-corrected chi connectivity index (χ1v) is 5.47. The molecule has 0 spiro atoms. The first-order valence-electron chi connectivity index (χ1n) is 5.47. The fourth-order valence-electron chi connectivity index (χ4n) is 1.73. The molecule has 7 heteroatoms. The second kappa shape index (κ2) is 5.22. The van der Waals surface area contributed by atoms with Gasteiger partial charge in [0.1, 0.15) is 0 Å². The number of halogens is 3. The molecule has 1 atom stereocenters. The van der Waals surface area contributed by atoms with Crippen LogP contribution in [0.4, 0.5) is 13.2 Å². The molecule has 1 rings (SSSR count). The number of amides is 1. The second-order valence-corrected chi connectivity index (χ2v) is 4.46. The lowest BCUT2D eigenvalue weighted by molar-refractivity contribution is -0.143. The van der Waals surface area contributed by atoms with Gasteiger partial charge in [0.15, 0.2) is 0 Å². The Balaban J connectivity index is 2.47. The average Bonchev–Trinajstić information content (AvgIpc) is 2.15. The molecule has 1 saturated heterocycles. The highest BCUT2D eigenvalue weighted by Gasteiger charge is 2.38. The van der Waals surface area contributed by atoms with E-state index in [1.807, 2.05) is 0 Å². The molecule has 0 aromatic rings. The highest BCUT2D eigenvalue weighted by molar-refractivity contribution is 5.86. The van der Waals surface area contributed by atoms with Crippen LogP contribution in [0.1, 0.15) is 26.2 Å². The summed E-state index contributed by atoms with van der Waals surface area (Å²) in [7, 11) is 0. The van der Waals surface area contributed by atoms with Crippen molar-refractivity contribution >= 4 is 5.91 Å². The molecule has 1 unspecified atom stereocenters. The maximum atomic E-state index is 12.1. The molecule has 1 fully saturated rings. The second-order valence-electron chi connectivity index (χ2n) is 4.46. The van der Waals surface area contributed by atoms with Crippen molar-refractivity contribution in [3.63, 3.8) is 0 Å². The lowest BCUT2D eigenvalue weighted by Crippen LogP contribution is -2.58. The fraction of sp³-hybridized carbons (Fsp3) is 0.900. The first kappa shape index (κ1) is 14.2. The molecule has 1 aliphatic rings. The molecule has 0 aliphatic carbocycles. The Morgan fingerprint density at radius 1 is 1.47 bits per heavy atom. The van der Waals surface area contributed by atoms with Gasteiger partial charge < -0.3 is 15.8 Å². The highest BCUT2D eigenvalue weighted by Crippen LogP contribution is 2.22. The number of carbonyl (C=O) groups excluding carboxylic acids is 1. The zero-order valence-electron chi connectivity index (χ0n) is 9.64. The van der Waals surface area contributed by atoms with Gasteiger partial charge in [0.05, 0.1) is 12.0 Å². The molecule has 0 bridgehead atoms. The molecule has 17 heavy (non-hydrogen) atoms. The van der Waals surface area contributed by atoms with Crippen LogP contribution in [-0.4, -0.2) is 36.9 Å². The molecule has 100 valence electrons. The van der Waals surface area contributed by atoms with Gasteiger partial charge in [0.25, 0.3) is 0 Å². The van der Waals surface area contributed by atoms with Crippen molar-refractivity contribution < 1.29 is 22.7 Å². The number of ether oxygens (including phenoxy) is 1. The van der Waals surface area contributed by atoms with Crippen molar-refractivity contribution in [3.8, 4) is 0 Å². The predicted molar refractivity (Wildman–Crippen MR) is 55.2 cm³/mol. The molecule has 1 aliphatic heterocycles. The van der Waals surface area contributed by atoms with Gasteiger partial charge in [0, 0.05) is 19.3 Å². The summed E-state index contributed by atoms with van der Waals surface area (Å²) in [5.41, 5.74) is 4.74. The Morgan fingerprint density at radius 2 is 2.00 bits per heavy atom. The Bertz CT molecular complexity index is 275. The quantitative estimate of drug-likeness (QED) is 0.788. The van der Waals surface area contributed by atoms with Crippen LogP contribution in [0.15, 0.2) is 0 Å². The van der Waals surface area contributed by atoms with Crippen LogP contribution in [0.25, 0.3) is 0 Å². The van der Waals surface area contributed by atoms with Gasteiger partial charge in [-0.1, -0.05) is 0 Å². The van der Waals surface area contributed by atoms with Crippen molar-refractivity contribution in [1.82, 2.24) is 5.32 Å². The van der Waals surface area contributed by atoms with E-state index in [1.165, 1.54) is 6.92 Å². The van der Waals surface area contributed by atoms with Gasteiger partial charge >= 0.3 is 6.18 Å². The third kappa shape index (κ3) is 4.51. The van der Waals surface area contributed by atoms with Gasteiger partial charge in [-0.2, -0.15) is 13.2 Å². The van der Waals surface area contributed by atoms with E-state index in [-0.39, 0.29) is 0 Å². The maximum Gasteiger partial charge on any atom is 0.391 e. The Labute approximate surface area is 97.7 Å². The summed E-state index contributed by atoms with van der Waals surface area (Å²) in [6, 6.07) is -0.967. The van der Waals surface area contributed by atoms with Crippen molar-refractivity contribution in [1.29, 1.82) is 0 Å². The van der Waals surface area contributed by atoms with E-state index in [1.54, 1.807) is 0 Å². The number of carbonyl (C=O) groups is 1. The molecule has 1 amide bonds. The molecule has 3 N–H and O–H groups in total. The zero-order valence-corrected chi connectivity index (χ0v) is 9.64. The summed E-state index contributed by atoms with van der Waals surface area (Å²) in [6.45, 7) is 2.03. The van der Waals surface area contributed by atoms with E-state index in [9.17, 15) is 18.0 Å². The third-order valence-corrected chi connectivity index (χ3v) is 2.75. The van der Waals surface area contributed by atoms with Crippen molar-refractivity contribution in [2.75, 3.05) is 13.2 Å². The SMILES string of the molecule is CC(CC(F)(F)F)NC(=O)C1(N)CCOCC1. The van der Waals surface area contributed by atoms with Crippen molar-refractivity contribution in [3.05, 3.63) is 0 Å². The third-order valence-electron chi connectivity index (χ3n) is 2.75. The smallest absolute Gasteiger partial charge is 0.381 e. The Hall–Kier alpha value is -0.820. The molecule has 4 nitrogen and oxygen atoms in total. The van der Waals surface area contributed by atoms with Crippen molar-refractivity contribution in [2.24, 2.45) is 5.73 Å². The maximum absolute atomic E-state index is 12.1. The highest BCUT2D eigenvalue weighted by atomic mass is 19.4. The van der Waals surface area contributed by atoms with Gasteiger partial charge in [0.2, 0.25) is 5.91 Å². The number of hydrogen-bond acceptors (Lipinski definition) is 3. The lowest BCUT2D eigenvalue weighted by Gasteiger charge is -2.33. The average molecular weight is 254 g/mol. The molecular weight excluding hydrogens is 237 g/mol. The van der Waals surface area contributed by atoms with Crippen LogP contribution in [0.5, 0.6) is 0 Å². The van der Waals surface area contributed by atoms with Crippen LogP contribution in [0.3, 0.4) is 0 Å². The summed E-state index contributed by atoms with van der Waals surface area (Å²) in [6.07, 6.45) is -4.68. The largest absolute Gasteiger partial charge is 0.391 e. The number of rotatable bonds is 3. The van der Waals surface area contributed by atoms with E-state index in [0.717, 1.165) is 0 Å². The summed E-state index contributed by atoms with van der Waals surface area (Å²) >= 11 is 0. The monoisotopic (exact) mass is 254 g/mol. The zero-order chi connectivity index (χ0) is 13.1. The molecular formula is C10H17F3N2O2. The van der Waals surface area contributed by atoms with Crippen LogP contribution < -0.4 is 11.1 Å². The van der Waals surface area contributed by atoms with Gasteiger partial charge in [-0.05, 0) is 19.8 Å². The predicted octanol–water partition coefficient (Wildman–Crippen LogP) is 0.951. The normalized spacial score (nSPS) is 21.9. The fourth-order valence-corrected chi connectivity index (χ4v) is 1.73. The van der Waals surface area contributed by atoms with Crippen LogP contribution in [0.2, 0.25) is 0 Å². The van der Waals surface area contributed by atoms with Crippen LogP contribution >= 0.6 is 0 Å². The Kier molecular flexibility index (Phi) is 4.37. The molecule has 0 aromatic carbocycles. The minimum Gasteiger partial charge on any atom is -0.381 e. The molecule has 0 saturated carbocycles. The van der Waals surface area contributed by atoms with Crippen LogP contribution in [-0.2, 0) is 9.53 Å². The summed E-state index contributed by atoms with van der Waals surface area (Å²) in [5, 5.41) is 2.31. The summed E-state index contributed by atoms with van der Waals surface area (Å²) < 4.78 is 41.3. The molecule has 1 heterocycles. The summed E-state index contributed by atoms with van der Waals surface area (Å²) in [5.74, 6) is -0.530. The molecule has 0 aromatic heterocycles. The van der Waals surface area contributed by atoms with Crippen LogP contribution in [0, 0.1) is 0 Å². The minimum absolute atomic E-state index is 0.331. The molecule has 0 radical (unpaired) electrons. The number of nitrogens with two attached hydrogens (primary N) is 1. The lowest BCUT2D eigenvalue weighted by atomic mass is 9.90. The topological polar surface area (TPSA) is 64.4 Å². The van der Waals surface area contributed by atoms with Gasteiger partial charge in [-0.3, -0.25) is 4.79 Å². The first-order chi connectivity index (χ1) is 7.73. The summed E-state index contributed by atoms with van der Waals surface area (Å²) in [4.78, 5) is 11.8. The van der Waals surface area contributed by atoms with Crippen molar-refractivity contribution in [2.45, 2.75) is 43.9 Å². The number of hydrogen-bond donors (Lipinski definition) is 2. The number of alkyl halides is 3. The van der Waals surface area contributed by atoms with Gasteiger partial charge in [-0.25, -0.2) is 0 Å². The van der Waals surface area contributed by atoms with E-state index in [2.05, 4.69) is 5.32 Å². The van der Waals surface area contributed by atoms with E-state index >= 15 is 0 Å². The van der Waals surface area contributed by atoms with E-state index < -0.39 is 30.1 Å². The van der Waals surface area contributed by atoms with E-state index in [0.29, 0.717) is 26.1 Å². The van der Waals surface area contributed by atoms with E-state index in [4.69, 9.17) is 10.5 Å². The standard InChI is InChI=1S/C10H17F3N2O2/c1-7(6-10(11,12)13)15-8(16)9(14)2-4-17-5-3-9/h7H,2-6,14H2,1H3,(H,15,16). The van der Waals surface area contributed by atoms with Gasteiger partial charge in [-0.15, -0.1) is 0 Å². The Morgan fingerprint density at radius 3 is 2.47 bits per heavy atom. The minimum atomic E-state index is -4.29. The number of nitrogens with one attached hydrogen (secondary N) is 1.